The summed E-state index contributed by atoms with van der Waals surface area (Å²) in [7, 11) is -5.12. The van der Waals surface area contributed by atoms with E-state index < -0.39 is 26.0 Å². The lowest BCUT2D eigenvalue weighted by Gasteiger charge is -2.15. The first-order valence-corrected chi connectivity index (χ1v) is 15.3. The normalized spacial score (nSPS) is 11.4. The van der Waals surface area contributed by atoms with Crippen molar-refractivity contribution in [3.05, 3.63) is 102 Å². The number of anilines is 3. The zero-order valence-electron chi connectivity index (χ0n) is 22.8. The van der Waals surface area contributed by atoms with Crippen molar-refractivity contribution in [3.63, 3.8) is 0 Å². The lowest BCUT2D eigenvalue weighted by Crippen LogP contribution is -2.18. The zero-order chi connectivity index (χ0) is 29.8. The van der Waals surface area contributed by atoms with Crippen molar-refractivity contribution in [2.45, 2.75) is 23.6 Å². The van der Waals surface area contributed by atoms with Gasteiger partial charge in [0.1, 0.15) is 11.5 Å². The maximum absolute atomic E-state index is 13.2. The molecule has 214 valence electrons. The summed E-state index contributed by atoms with van der Waals surface area (Å²) in [6, 6.07) is 21.6. The van der Waals surface area contributed by atoms with Gasteiger partial charge in [0.25, 0.3) is 26.0 Å². The van der Waals surface area contributed by atoms with Crippen LogP contribution in [0, 0.1) is 13.8 Å². The zero-order valence-corrected chi connectivity index (χ0v) is 24.4. The monoisotopic (exact) mass is 595 g/mol. The molecule has 0 aliphatic heterocycles. The summed E-state index contributed by atoms with van der Waals surface area (Å²) in [5.41, 5.74) is 1.91. The molecule has 0 aromatic heterocycles. The molecule has 4 aromatic carbocycles. The van der Waals surface area contributed by atoms with E-state index in [9.17, 15) is 21.6 Å². The third-order valence-electron chi connectivity index (χ3n) is 6.19. The highest BCUT2D eigenvalue weighted by atomic mass is 32.2. The third-order valence-corrected chi connectivity index (χ3v) is 9.08. The summed E-state index contributed by atoms with van der Waals surface area (Å²) in [6.45, 7) is 3.31. The van der Waals surface area contributed by atoms with Crippen molar-refractivity contribution in [2.24, 2.45) is 0 Å². The molecule has 0 radical (unpaired) electrons. The molecule has 4 rings (SSSR count). The van der Waals surface area contributed by atoms with E-state index in [0.717, 1.165) is 0 Å². The van der Waals surface area contributed by atoms with Gasteiger partial charge in [-0.15, -0.1) is 0 Å². The molecular formula is C29H29N3O7S2. The minimum atomic E-state index is -4.06. The molecule has 12 heteroatoms. The van der Waals surface area contributed by atoms with Gasteiger partial charge in [-0.1, -0.05) is 24.3 Å². The first-order chi connectivity index (χ1) is 19.4. The van der Waals surface area contributed by atoms with Gasteiger partial charge < -0.3 is 14.8 Å². The Morgan fingerprint density at radius 1 is 0.683 bits per heavy atom. The van der Waals surface area contributed by atoms with Gasteiger partial charge in [-0.3, -0.25) is 14.2 Å². The Morgan fingerprint density at radius 3 is 2.02 bits per heavy atom. The molecular weight excluding hydrogens is 566 g/mol. The summed E-state index contributed by atoms with van der Waals surface area (Å²) >= 11 is 0. The van der Waals surface area contributed by atoms with Gasteiger partial charge in [0, 0.05) is 16.9 Å². The molecule has 0 aliphatic rings. The van der Waals surface area contributed by atoms with E-state index in [2.05, 4.69) is 14.8 Å². The van der Waals surface area contributed by atoms with Crippen LogP contribution in [0.3, 0.4) is 0 Å². The third kappa shape index (κ3) is 6.79. The predicted octanol–water partition coefficient (Wildman–Crippen LogP) is 5.17. The van der Waals surface area contributed by atoms with Gasteiger partial charge in [-0.05, 0) is 85.6 Å². The number of hydrogen-bond acceptors (Lipinski definition) is 7. The van der Waals surface area contributed by atoms with Crippen LogP contribution in [-0.4, -0.2) is 37.0 Å². The lowest BCUT2D eigenvalue weighted by molar-refractivity contribution is 0.102. The van der Waals surface area contributed by atoms with Crippen LogP contribution in [0.25, 0.3) is 0 Å². The van der Waals surface area contributed by atoms with E-state index in [1.807, 2.05) is 0 Å². The summed E-state index contributed by atoms with van der Waals surface area (Å²) in [5, 5.41) is 2.68. The Morgan fingerprint density at radius 2 is 1.34 bits per heavy atom. The van der Waals surface area contributed by atoms with Crippen molar-refractivity contribution < 1.29 is 31.1 Å². The van der Waals surface area contributed by atoms with Crippen molar-refractivity contribution in [1.29, 1.82) is 0 Å². The van der Waals surface area contributed by atoms with E-state index in [4.69, 9.17) is 9.47 Å². The Balaban J connectivity index is 1.58. The quantitative estimate of drug-likeness (QED) is 0.230. The molecule has 0 atom stereocenters. The van der Waals surface area contributed by atoms with E-state index in [0.29, 0.717) is 28.3 Å². The van der Waals surface area contributed by atoms with Gasteiger partial charge in [0.2, 0.25) is 0 Å². The SMILES string of the molecule is COc1ccc(NS(=O)(=O)c2cc(NC(=O)c3cc(S(=O)(=O)Nc4ccccc4OC)ccc3C)ccc2C)cc1. The first kappa shape index (κ1) is 29.4. The maximum Gasteiger partial charge on any atom is 0.262 e. The molecule has 0 saturated carbocycles. The molecule has 0 bridgehead atoms. The highest BCUT2D eigenvalue weighted by Gasteiger charge is 2.22. The smallest absolute Gasteiger partial charge is 0.262 e. The lowest BCUT2D eigenvalue weighted by atomic mass is 10.1. The molecule has 0 spiro atoms. The van der Waals surface area contributed by atoms with E-state index in [1.54, 1.807) is 74.5 Å². The molecule has 0 fully saturated rings. The molecule has 0 aliphatic carbocycles. The average Bonchev–Trinajstić information content (AvgIpc) is 2.94. The topological polar surface area (TPSA) is 140 Å². The second-order valence-electron chi connectivity index (χ2n) is 9.05. The first-order valence-electron chi connectivity index (χ1n) is 12.3. The molecule has 3 N–H and O–H groups in total. The van der Waals surface area contributed by atoms with Gasteiger partial charge in [0.15, 0.2) is 0 Å². The minimum Gasteiger partial charge on any atom is -0.497 e. The number of hydrogen-bond donors (Lipinski definition) is 3. The van der Waals surface area contributed by atoms with Gasteiger partial charge in [-0.25, -0.2) is 16.8 Å². The summed E-state index contributed by atoms with van der Waals surface area (Å²) < 4.78 is 67.9. The van der Waals surface area contributed by atoms with Crippen LogP contribution in [-0.2, 0) is 20.0 Å². The number of carbonyl (C=O) groups is 1. The number of ether oxygens (including phenoxy) is 2. The Hall–Kier alpha value is -4.55. The fraction of sp³-hybridized carbons (Fsp3) is 0.138. The van der Waals surface area contributed by atoms with Crippen molar-refractivity contribution >= 4 is 43.0 Å². The van der Waals surface area contributed by atoms with Crippen LogP contribution in [0.1, 0.15) is 21.5 Å². The Bertz CT molecular complexity index is 1800. The fourth-order valence-electron chi connectivity index (χ4n) is 3.98. The van der Waals surface area contributed by atoms with Gasteiger partial charge >= 0.3 is 0 Å². The highest BCUT2D eigenvalue weighted by molar-refractivity contribution is 7.93. The van der Waals surface area contributed by atoms with Crippen LogP contribution in [0.15, 0.2) is 94.7 Å². The molecule has 0 saturated heterocycles. The van der Waals surface area contributed by atoms with Crippen molar-refractivity contribution in [3.8, 4) is 11.5 Å². The van der Waals surface area contributed by atoms with Crippen molar-refractivity contribution in [1.82, 2.24) is 0 Å². The molecule has 0 unspecified atom stereocenters. The number of nitrogens with one attached hydrogen (secondary N) is 3. The standard InChI is InChI=1S/C29H29N3O7S2/c1-19-10-16-24(40(34,35)32-26-7-5-6-8-27(26)39-4)18-25(19)29(33)30-22-11-9-20(2)28(17-22)41(36,37)31-21-12-14-23(38-3)15-13-21/h5-18,31-32H,1-4H3,(H,30,33). The number of amides is 1. The highest BCUT2D eigenvalue weighted by Crippen LogP contribution is 2.28. The summed E-state index contributed by atoms with van der Waals surface area (Å²) in [5.74, 6) is 0.316. The number of rotatable bonds is 10. The van der Waals surface area contributed by atoms with E-state index >= 15 is 0 Å². The molecule has 0 heterocycles. The maximum atomic E-state index is 13.2. The Labute approximate surface area is 239 Å². The molecule has 41 heavy (non-hydrogen) atoms. The van der Waals surface area contributed by atoms with Crippen LogP contribution < -0.4 is 24.2 Å². The number of benzene rings is 4. The fourth-order valence-corrected chi connectivity index (χ4v) is 6.41. The summed E-state index contributed by atoms with van der Waals surface area (Å²) in [4.78, 5) is 13.1. The van der Waals surface area contributed by atoms with Crippen LogP contribution in [0.5, 0.6) is 11.5 Å². The molecule has 10 nitrogen and oxygen atoms in total. The Kier molecular flexibility index (Phi) is 8.55. The van der Waals surface area contributed by atoms with Crippen molar-refractivity contribution in [2.75, 3.05) is 29.0 Å². The molecule has 4 aromatic rings. The van der Waals surface area contributed by atoms with E-state index in [1.165, 1.54) is 38.5 Å². The minimum absolute atomic E-state index is 0.0276. The van der Waals surface area contributed by atoms with Gasteiger partial charge in [0.05, 0.1) is 29.7 Å². The number of sulfonamides is 2. The van der Waals surface area contributed by atoms with Gasteiger partial charge in [-0.2, -0.15) is 0 Å². The largest absolute Gasteiger partial charge is 0.497 e. The average molecular weight is 596 g/mol. The number of methoxy groups -OCH3 is 2. The van der Waals surface area contributed by atoms with Crippen LogP contribution in [0.4, 0.5) is 17.1 Å². The predicted molar refractivity (Wildman–Crippen MR) is 158 cm³/mol. The number of carbonyl (C=O) groups excluding carboxylic acids is 1. The van der Waals surface area contributed by atoms with Crippen LogP contribution in [0.2, 0.25) is 0 Å². The number of aryl methyl sites for hydroxylation is 2. The van der Waals surface area contributed by atoms with Crippen LogP contribution >= 0.6 is 0 Å². The summed E-state index contributed by atoms with van der Waals surface area (Å²) in [6.07, 6.45) is 0. The second-order valence-corrected chi connectivity index (χ2v) is 12.4. The number of para-hydroxylation sites is 2. The van der Waals surface area contributed by atoms with E-state index in [-0.39, 0.29) is 26.7 Å². The second kappa shape index (κ2) is 11.9. The molecule has 1 amide bonds.